The number of allylic oxidation sites excluding steroid dienone is 2. The van der Waals surface area contributed by atoms with Crippen LogP contribution in [-0.2, 0) is 25.8 Å². The fourth-order valence-electron chi connectivity index (χ4n) is 5.05. The topological polar surface area (TPSA) is 26.0 Å². The van der Waals surface area contributed by atoms with Crippen molar-refractivity contribution in [2.24, 2.45) is 11.7 Å². The van der Waals surface area contributed by atoms with Crippen LogP contribution in [0.1, 0.15) is 53.6 Å². The Bertz CT molecular complexity index is 1220. The molecule has 0 aromatic heterocycles. The summed E-state index contributed by atoms with van der Waals surface area (Å²) in [6.45, 7) is 5.94. The Morgan fingerprint density at radius 2 is 1.68 bits per heavy atom. The second kappa shape index (κ2) is 9.79. The lowest BCUT2D eigenvalue weighted by Crippen LogP contribution is -2.22. The van der Waals surface area contributed by atoms with Crippen molar-refractivity contribution in [3.63, 3.8) is 0 Å². The first-order valence-electron chi connectivity index (χ1n) is 12.0. The van der Waals surface area contributed by atoms with Crippen molar-refractivity contribution >= 4 is 5.57 Å². The first kappa shape index (κ1) is 24.3. The van der Waals surface area contributed by atoms with Gasteiger partial charge in [0.15, 0.2) is 0 Å². The Balaban J connectivity index is 1.75. The number of hydrogen-bond donors (Lipinski definition) is 1. The largest absolute Gasteiger partial charge is 0.395 e. The average Bonchev–Trinajstić information content (AvgIpc) is 3.19. The Morgan fingerprint density at radius 3 is 2.38 bits per heavy atom. The smallest absolute Gasteiger partial charge is 0.326 e. The van der Waals surface area contributed by atoms with E-state index in [2.05, 4.69) is 44.2 Å². The predicted octanol–water partition coefficient (Wildman–Crippen LogP) is 7.82. The molecule has 4 heteroatoms. The molecule has 0 saturated carbocycles. The molecule has 178 valence electrons. The van der Waals surface area contributed by atoms with Crippen molar-refractivity contribution in [1.29, 1.82) is 0 Å². The Labute approximate surface area is 200 Å². The highest BCUT2D eigenvalue weighted by atomic mass is 19.4. The maximum atomic E-state index is 13.8. The van der Waals surface area contributed by atoms with Crippen molar-refractivity contribution in [3.05, 3.63) is 99.6 Å². The zero-order valence-corrected chi connectivity index (χ0v) is 20.1. The third-order valence-electron chi connectivity index (χ3n) is 7.10. The highest BCUT2D eigenvalue weighted by molar-refractivity contribution is 5.81. The van der Waals surface area contributed by atoms with E-state index < -0.39 is 12.1 Å². The summed E-state index contributed by atoms with van der Waals surface area (Å²) >= 11 is 0. The fraction of sp³-hybridized carbons (Fsp3) is 0.333. The van der Waals surface area contributed by atoms with E-state index >= 15 is 0 Å². The van der Waals surface area contributed by atoms with E-state index in [9.17, 15) is 13.2 Å². The third-order valence-corrected chi connectivity index (χ3v) is 7.10. The molecule has 1 nitrogen and oxygen atoms in total. The van der Waals surface area contributed by atoms with Crippen LogP contribution in [0.25, 0.3) is 16.7 Å². The van der Waals surface area contributed by atoms with Crippen molar-refractivity contribution in [2.45, 2.75) is 59.2 Å². The van der Waals surface area contributed by atoms with Gasteiger partial charge >= 0.3 is 6.18 Å². The molecular weight excluding hydrogens is 431 g/mol. The number of hydrogen-bond acceptors (Lipinski definition) is 1. The molecule has 3 aromatic rings. The number of nitrogens with two attached hydrogens (primary N) is 1. The number of halogens is 3. The zero-order valence-electron chi connectivity index (χ0n) is 20.1. The van der Waals surface area contributed by atoms with Gasteiger partial charge in [-0.25, -0.2) is 0 Å². The molecule has 1 aliphatic rings. The Kier molecular flexibility index (Phi) is 6.99. The van der Waals surface area contributed by atoms with Crippen LogP contribution in [0.2, 0.25) is 0 Å². The van der Waals surface area contributed by atoms with E-state index in [0.29, 0.717) is 25.0 Å². The molecule has 2 N–H and O–H groups in total. The number of alkyl halides is 3. The van der Waals surface area contributed by atoms with Crippen LogP contribution < -0.4 is 5.73 Å². The summed E-state index contributed by atoms with van der Waals surface area (Å²) in [5.41, 5.74) is 15.9. The van der Waals surface area contributed by atoms with Gasteiger partial charge in [-0.15, -0.1) is 0 Å². The van der Waals surface area contributed by atoms with Crippen molar-refractivity contribution in [1.82, 2.24) is 0 Å². The van der Waals surface area contributed by atoms with Crippen LogP contribution in [0.15, 0.2) is 66.2 Å². The lowest BCUT2D eigenvalue weighted by Gasteiger charge is -2.19. The van der Waals surface area contributed by atoms with Gasteiger partial charge in [0.25, 0.3) is 0 Å². The number of benzene rings is 3. The minimum atomic E-state index is -4.25. The van der Waals surface area contributed by atoms with E-state index in [1.165, 1.54) is 23.6 Å². The molecule has 0 bridgehead atoms. The van der Waals surface area contributed by atoms with Crippen LogP contribution in [0, 0.1) is 12.8 Å². The highest BCUT2D eigenvalue weighted by Crippen LogP contribution is 2.45. The van der Waals surface area contributed by atoms with Gasteiger partial charge in [0, 0.05) is 6.54 Å². The van der Waals surface area contributed by atoms with Crippen LogP contribution in [-0.4, -0.2) is 6.18 Å². The van der Waals surface area contributed by atoms with Gasteiger partial charge in [0.05, 0.1) is 5.92 Å². The highest BCUT2D eigenvalue weighted by Gasteiger charge is 2.41. The molecule has 34 heavy (non-hydrogen) atoms. The van der Waals surface area contributed by atoms with E-state index in [4.69, 9.17) is 5.73 Å². The minimum Gasteiger partial charge on any atom is -0.326 e. The van der Waals surface area contributed by atoms with Gasteiger partial charge in [0.2, 0.25) is 0 Å². The fourth-order valence-corrected chi connectivity index (χ4v) is 5.05. The second-order valence-corrected chi connectivity index (χ2v) is 9.35. The van der Waals surface area contributed by atoms with Crippen molar-refractivity contribution in [3.8, 4) is 11.1 Å². The molecule has 0 heterocycles. The normalized spacial score (nSPS) is 14.4. The molecule has 1 aliphatic carbocycles. The molecule has 1 atom stereocenters. The van der Waals surface area contributed by atoms with Gasteiger partial charge in [-0.05, 0) is 96.2 Å². The molecule has 0 radical (unpaired) electrons. The SMILES string of the molecule is CCc1ccc(C)cc1CCC1=C(C(C)C(F)(F)F)Cc2ccc(-c3cccc(CN)c3)cc21. The average molecular weight is 464 g/mol. The third kappa shape index (κ3) is 4.97. The van der Waals surface area contributed by atoms with E-state index in [0.717, 1.165) is 46.2 Å². The van der Waals surface area contributed by atoms with Crippen molar-refractivity contribution in [2.75, 3.05) is 0 Å². The zero-order chi connectivity index (χ0) is 24.5. The first-order valence-corrected chi connectivity index (χ1v) is 12.0. The summed E-state index contributed by atoms with van der Waals surface area (Å²) in [7, 11) is 0. The molecular formula is C30H32F3N. The Morgan fingerprint density at radius 1 is 0.912 bits per heavy atom. The molecule has 0 amide bonds. The Hall–Kier alpha value is -2.85. The van der Waals surface area contributed by atoms with Gasteiger partial charge in [0.1, 0.15) is 0 Å². The summed E-state index contributed by atoms with van der Waals surface area (Å²) in [6, 6.07) is 20.6. The van der Waals surface area contributed by atoms with Crippen LogP contribution in [0.4, 0.5) is 13.2 Å². The maximum Gasteiger partial charge on any atom is 0.395 e. The summed E-state index contributed by atoms with van der Waals surface area (Å²) in [5, 5.41) is 0. The molecule has 3 aromatic carbocycles. The molecule has 0 saturated heterocycles. The number of fused-ring (bicyclic) bond motifs is 1. The van der Waals surface area contributed by atoms with Gasteiger partial charge < -0.3 is 5.73 Å². The number of aryl methyl sites for hydroxylation is 3. The van der Waals surface area contributed by atoms with E-state index in [1.807, 2.05) is 30.3 Å². The lowest BCUT2D eigenvalue weighted by atomic mass is 9.90. The summed E-state index contributed by atoms with van der Waals surface area (Å²) in [5.74, 6) is -1.46. The monoisotopic (exact) mass is 463 g/mol. The number of rotatable bonds is 7. The first-order chi connectivity index (χ1) is 16.2. The summed E-state index contributed by atoms with van der Waals surface area (Å²) in [4.78, 5) is 0. The predicted molar refractivity (Wildman–Crippen MR) is 134 cm³/mol. The van der Waals surface area contributed by atoms with Crippen LogP contribution in [0.5, 0.6) is 0 Å². The maximum absolute atomic E-state index is 13.8. The lowest BCUT2D eigenvalue weighted by molar-refractivity contribution is -0.159. The van der Waals surface area contributed by atoms with E-state index in [-0.39, 0.29) is 0 Å². The standard InChI is InChI=1S/C30H32F3N/c1-4-22-9-8-19(2)14-24(22)12-13-27-28(20(3)30(31,32)33)17-26-11-10-25(16-29(26)27)23-7-5-6-21(15-23)18-34/h5-11,14-16,20H,4,12-13,17-18,34H2,1-3H3. The quantitative estimate of drug-likeness (QED) is 0.380. The summed E-state index contributed by atoms with van der Waals surface area (Å²) < 4.78 is 41.4. The molecule has 0 aliphatic heterocycles. The molecule has 1 unspecified atom stereocenters. The van der Waals surface area contributed by atoms with Gasteiger partial charge in [-0.1, -0.05) is 66.6 Å². The van der Waals surface area contributed by atoms with Gasteiger partial charge in [-0.2, -0.15) is 13.2 Å². The van der Waals surface area contributed by atoms with Gasteiger partial charge in [-0.3, -0.25) is 0 Å². The summed E-state index contributed by atoms with van der Waals surface area (Å²) in [6.07, 6.45) is -1.63. The van der Waals surface area contributed by atoms with Crippen molar-refractivity contribution < 1.29 is 13.2 Å². The van der Waals surface area contributed by atoms with Crippen LogP contribution >= 0.6 is 0 Å². The molecule has 0 fully saturated rings. The minimum absolute atomic E-state index is 0.364. The molecule has 4 rings (SSSR count). The second-order valence-electron chi connectivity index (χ2n) is 9.35. The molecule has 0 spiro atoms. The van der Waals surface area contributed by atoms with Crippen LogP contribution in [0.3, 0.4) is 0 Å². The van der Waals surface area contributed by atoms with E-state index in [1.54, 1.807) is 0 Å².